The van der Waals surface area contributed by atoms with Gasteiger partial charge in [-0.3, -0.25) is 0 Å². The monoisotopic (exact) mass is 337 g/mol. The molecule has 1 N–H and O–H groups in total. The molecule has 0 heterocycles. The van der Waals surface area contributed by atoms with Crippen LogP contribution in [0.3, 0.4) is 0 Å². The van der Waals surface area contributed by atoms with Crippen LogP contribution in [0.15, 0.2) is 28.7 Å². The van der Waals surface area contributed by atoms with E-state index in [1.54, 1.807) is 0 Å². The van der Waals surface area contributed by atoms with Crippen molar-refractivity contribution in [3.8, 4) is 0 Å². The molecule has 2 rings (SSSR count). The van der Waals surface area contributed by atoms with Gasteiger partial charge in [-0.05, 0) is 61.3 Å². The van der Waals surface area contributed by atoms with Crippen LogP contribution in [-0.2, 0) is 6.42 Å². The second kappa shape index (κ2) is 7.09. The molecule has 1 aromatic carbocycles. The van der Waals surface area contributed by atoms with Crippen LogP contribution in [0.2, 0.25) is 0 Å². The summed E-state index contributed by atoms with van der Waals surface area (Å²) in [5.41, 5.74) is 1.92. The molecule has 1 aliphatic rings. The van der Waals surface area contributed by atoms with E-state index >= 15 is 0 Å². The molecule has 20 heavy (non-hydrogen) atoms. The Hall–Kier alpha value is -0.340. The Morgan fingerprint density at radius 1 is 1.40 bits per heavy atom. The van der Waals surface area contributed by atoms with E-state index in [9.17, 15) is 0 Å². The first-order valence-electron chi connectivity index (χ1n) is 8.01. The van der Waals surface area contributed by atoms with Crippen molar-refractivity contribution in [3.63, 3.8) is 0 Å². The number of nitrogens with one attached hydrogen (secondary N) is 1. The van der Waals surface area contributed by atoms with Crippen molar-refractivity contribution in [3.05, 3.63) is 34.3 Å². The van der Waals surface area contributed by atoms with Crippen LogP contribution in [0.4, 0.5) is 0 Å². The minimum absolute atomic E-state index is 0.484. The minimum atomic E-state index is 0.484. The van der Waals surface area contributed by atoms with Crippen LogP contribution in [0.25, 0.3) is 0 Å². The molecule has 1 saturated carbocycles. The van der Waals surface area contributed by atoms with Gasteiger partial charge in [0.2, 0.25) is 0 Å². The number of hydrogen-bond donors (Lipinski definition) is 1. The Bertz CT molecular complexity index is 427. The Morgan fingerprint density at radius 3 is 2.80 bits per heavy atom. The molecule has 1 nitrogen and oxygen atoms in total. The molecule has 1 aromatic rings. The van der Waals surface area contributed by atoms with E-state index < -0.39 is 0 Å². The van der Waals surface area contributed by atoms with E-state index in [1.165, 1.54) is 35.7 Å². The van der Waals surface area contributed by atoms with E-state index in [1.807, 2.05) is 0 Å². The summed E-state index contributed by atoms with van der Waals surface area (Å²) in [5, 5.41) is 3.82. The van der Waals surface area contributed by atoms with Crippen LogP contribution in [0.5, 0.6) is 0 Å². The summed E-state index contributed by atoms with van der Waals surface area (Å²) in [4.78, 5) is 0. The molecule has 0 spiro atoms. The third-order valence-electron chi connectivity index (χ3n) is 4.83. The van der Waals surface area contributed by atoms with Gasteiger partial charge < -0.3 is 5.32 Å². The van der Waals surface area contributed by atoms with Gasteiger partial charge in [-0.2, -0.15) is 0 Å². The standard InChI is InChI=1S/C18H28BrN/c1-4-11-20-17(16-9-6-10-18(16,2)3)13-14-7-5-8-15(19)12-14/h5,7-8,12,16-17,20H,4,6,9-11,13H2,1-3H3. The predicted octanol–water partition coefficient (Wildman–Crippen LogP) is 5.19. The van der Waals surface area contributed by atoms with Gasteiger partial charge in [-0.15, -0.1) is 0 Å². The lowest BCUT2D eigenvalue weighted by Crippen LogP contribution is -2.42. The van der Waals surface area contributed by atoms with Crippen molar-refractivity contribution in [2.24, 2.45) is 11.3 Å². The largest absolute Gasteiger partial charge is 0.313 e. The minimum Gasteiger partial charge on any atom is -0.313 e. The fraction of sp³-hybridized carbons (Fsp3) is 0.667. The Kier molecular flexibility index (Phi) is 5.68. The second-order valence-electron chi connectivity index (χ2n) is 6.88. The Morgan fingerprint density at radius 2 is 2.20 bits per heavy atom. The number of halogens is 1. The summed E-state index contributed by atoms with van der Waals surface area (Å²) in [6.45, 7) is 8.28. The van der Waals surface area contributed by atoms with Gasteiger partial charge in [-0.25, -0.2) is 0 Å². The van der Waals surface area contributed by atoms with Crippen LogP contribution in [0, 0.1) is 11.3 Å². The van der Waals surface area contributed by atoms with Crippen LogP contribution in [0.1, 0.15) is 52.0 Å². The average molecular weight is 338 g/mol. The van der Waals surface area contributed by atoms with Crippen molar-refractivity contribution >= 4 is 15.9 Å². The highest BCUT2D eigenvalue weighted by Gasteiger charge is 2.39. The zero-order valence-corrected chi connectivity index (χ0v) is 14.7. The Labute approximate surface area is 132 Å². The van der Waals surface area contributed by atoms with Crippen molar-refractivity contribution in [1.29, 1.82) is 0 Å². The molecule has 1 fully saturated rings. The lowest BCUT2D eigenvalue weighted by molar-refractivity contribution is 0.195. The first kappa shape index (κ1) is 16.0. The van der Waals surface area contributed by atoms with Gasteiger partial charge in [0.05, 0.1) is 0 Å². The molecule has 0 radical (unpaired) electrons. The molecule has 0 aromatic heterocycles. The summed E-state index contributed by atoms with van der Waals surface area (Å²) < 4.78 is 1.19. The number of benzene rings is 1. The van der Waals surface area contributed by atoms with Crippen molar-refractivity contribution in [2.45, 2.75) is 58.9 Å². The molecular weight excluding hydrogens is 310 g/mol. The third kappa shape index (κ3) is 4.08. The molecule has 0 bridgehead atoms. The van der Waals surface area contributed by atoms with Gasteiger partial charge >= 0.3 is 0 Å². The average Bonchev–Trinajstić information content (AvgIpc) is 2.74. The fourth-order valence-electron chi connectivity index (χ4n) is 3.70. The van der Waals surface area contributed by atoms with Crippen LogP contribution < -0.4 is 5.32 Å². The van der Waals surface area contributed by atoms with Crippen molar-refractivity contribution < 1.29 is 0 Å². The van der Waals surface area contributed by atoms with E-state index in [-0.39, 0.29) is 0 Å². The highest BCUT2D eigenvalue weighted by Crippen LogP contribution is 2.45. The third-order valence-corrected chi connectivity index (χ3v) is 5.32. The Balaban J connectivity index is 2.11. The maximum Gasteiger partial charge on any atom is 0.0178 e. The van der Waals surface area contributed by atoms with Gasteiger partial charge in [0.1, 0.15) is 0 Å². The fourth-order valence-corrected chi connectivity index (χ4v) is 4.15. The molecule has 0 saturated heterocycles. The SMILES string of the molecule is CCCNC(Cc1cccc(Br)c1)C1CCCC1(C)C. The first-order valence-corrected chi connectivity index (χ1v) is 8.80. The van der Waals surface area contributed by atoms with Crippen LogP contribution in [-0.4, -0.2) is 12.6 Å². The zero-order chi connectivity index (χ0) is 14.6. The van der Waals surface area contributed by atoms with E-state index in [0.717, 1.165) is 18.9 Å². The highest BCUT2D eigenvalue weighted by atomic mass is 79.9. The maximum absolute atomic E-state index is 3.82. The van der Waals surface area contributed by atoms with Gasteiger partial charge in [0, 0.05) is 10.5 Å². The lowest BCUT2D eigenvalue weighted by Gasteiger charge is -2.35. The molecule has 2 unspecified atom stereocenters. The van der Waals surface area contributed by atoms with Gasteiger partial charge in [0.15, 0.2) is 0 Å². The molecular formula is C18H28BrN. The zero-order valence-electron chi connectivity index (χ0n) is 13.1. The lowest BCUT2D eigenvalue weighted by atomic mass is 9.76. The van der Waals surface area contributed by atoms with E-state index in [4.69, 9.17) is 0 Å². The molecule has 2 atom stereocenters. The first-order chi connectivity index (χ1) is 9.53. The van der Waals surface area contributed by atoms with Crippen LogP contribution >= 0.6 is 15.9 Å². The topological polar surface area (TPSA) is 12.0 Å². The highest BCUT2D eigenvalue weighted by molar-refractivity contribution is 9.10. The van der Waals surface area contributed by atoms with Crippen molar-refractivity contribution in [1.82, 2.24) is 5.32 Å². The summed E-state index contributed by atoms with van der Waals surface area (Å²) in [6.07, 6.45) is 6.50. The van der Waals surface area contributed by atoms with E-state index in [0.29, 0.717) is 11.5 Å². The molecule has 0 aliphatic heterocycles. The predicted molar refractivity (Wildman–Crippen MR) is 91.0 cm³/mol. The second-order valence-corrected chi connectivity index (χ2v) is 7.80. The molecule has 2 heteroatoms. The smallest absolute Gasteiger partial charge is 0.0178 e. The number of hydrogen-bond acceptors (Lipinski definition) is 1. The summed E-state index contributed by atoms with van der Waals surface area (Å²) in [6, 6.07) is 9.39. The number of rotatable bonds is 6. The quantitative estimate of drug-likeness (QED) is 0.753. The van der Waals surface area contributed by atoms with Gasteiger partial charge in [-0.1, -0.05) is 55.3 Å². The summed E-state index contributed by atoms with van der Waals surface area (Å²) >= 11 is 3.59. The summed E-state index contributed by atoms with van der Waals surface area (Å²) in [7, 11) is 0. The maximum atomic E-state index is 3.82. The van der Waals surface area contributed by atoms with Gasteiger partial charge in [0.25, 0.3) is 0 Å². The molecule has 1 aliphatic carbocycles. The molecule has 112 valence electrons. The molecule has 0 amide bonds. The normalized spacial score (nSPS) is 22.9. The van der Waals surface area contributed by atoms with E-state index in [2.05, 4.69) is 66.3 Å². The van der Waals surface area contributed by atoms with Crippen molar-refractivity contribution in [2.75, 3.05) is 6.54 Å². The summed E-state index contributed by atoms with van der Waals surface area (Å²) in [5.74, 6) is 0.799.